The van der Waals surface area contributed by atoms with Crippen LogP contribution in [0.3, 0.4) is 0 Å². The number of esters is 1. The maximum Gasteiger partial charge on any atom is 0.341 e. The minimum absolute atomic E-state index is 0.149. The van der Waals surface area contributed by atoms with Gasteiger partial charge in [0.1, 0.15) is 5.00 Å². The van der Waals surface area contributed by atoms with Crippen molar-refractivity contribution in [2.24, 2.45) is 5.92 Å². The number of rotatable bonds is 11. The number of hydrogen-bond donors (Lipinski definition) is 1. The molecule has 1 aromatic rings. The molecular weight excluding hydrogens is 380 g/mol. The molecule has 0 bridgehead atoms. The van der Waals surface area contributed by atoms with Crippen LogP contribution in [-0.4, -0.2) is 70.5 Å². The molecule has 0 aromatic carbocycles. The van der Waals surface area contributed by atoms with Crippen LogP contribution < -0.4 is 5.32 Å². The number of methoxy groups -OCH3 is 2. The van der Waals surface area contributed by atoms with Crippen molar-refractivity contribution in [2.45, 2.75) is 33.1 Å². The molecule has 1 heterocycles. The summed E-state index contributed by atoms with van der Waals surface area (Å²) >= 11 is 1.51. The summed E-state index contributed by atoms with van der Waals surface area (Å²) in [6.07, 6.45) is 2.84. The van der Waals surface area contributed by atoms with E-state index in [0.29, 0.717) is 49.4 Å². The van der Waals surface area contributed by atoms with Gasteiger partial charge in [0.2, 0.25) is 5.91 Å². The van der Waals surface area contributed by atoms with Crippen molar-refractivity contribution >= 4 is 28.2 Å². The Morgan fingerprint density at radius 2 is 1.89 bits per heavy atom. The van der Waals surface area contributed by atoms with Gasteiger partial charge in [-0.15, -0.1) is 11.3 Å². The van der Waals surface area contributed by atoms with Crippen LogP contribution in [0.5, 0.6) is 0 Å². The van der Waals surface area contributed by atoms with E-state index in [0.717, 1.165) is 24.8 Å². The van der Waals surface area contributed by atoms with E-state index in [4.69, 9.17) is 14.2 Å². The lowest BCUT2D eigenvalue weighted by Crippen LogP contribution is -2.37. The zero-order chi connectivity index (χ0) is 20.5. The van der Waals surface area contributed by atoms with E-state index in [-0.39, 0.29) is 18.4 Å². The number of carbonyl (C=O) groups excluding carboxylic acids is 2. The predicted octanol–water partition coefficient (Wildman–Crippen LogP) is 2.58. The maximum atomic E-state index is 12.7. The number of anilines is 1. The predicted molar refractivity (Wildman–Crippen MR) is 110 cm³/mol. The smallest absolute Gasteiger partial charge is 0.341 e. The molecule has 0 radical (unpaired) electrons. The molecule has 0 unspecified atom stereocenters. The SMILES string of the molecule is CCOC(=O)c1c(NC(=O)CN(CCOC)CCOC)sc2c1CC[C@@H](C)C2. The first-order valence-corrected chi connectivity index (χ1v) is 10.6. The largest absolute Gasteiger partial charge is 0.462 e. The van der Waals surface area contributed by atoms with Gasteiger partial charge in [0.25, 0.3) is 0 Å². The molecule has 1 amide bonds. The van der Waals surface area contributed by atoms with Crippen molar-refractivity contribution in [3.8, 4) is 0 Å². The first-order valence-electron chi connectivity index (χ1n) is 9.81. The van der Waals surface area contributed by atoms with Crippen LogP contribution in [-0.2, 0) is 31.8 Å². The maximum absolute atomic E-state index is 12.7. The van der Waals surface area contributed by atoms with Gasteiger partial charge in [0.05, 0.1) is 31.9 Å². The summed E-state index contributed by atoms with van der Waals surface area (Å²) in [6.45, 7) is 6.89. The molecule has 1 atom stereocenters. The third-order valence-electron chi connectivity index (χ3n) is 4.83. The Hall–Kier alpha value is -1.48. The van der Waals surface area contributed by atoms with Crippen molar-refractivity contribution in [1.82, 2.24) is 4.90 Å². The monoisotopic (exact) mass is 412 g/mol. The van der Waals surface area contributed by atoms with Gasteiger partial charge in [-0.25, -0.2) is 4.79 Å². The lowest BCUT2D eigenvalue weighted by Gasteiger charge is -2.21. The lowest BCUT2D eigenvalue weighted by molar-refractivity contribution is -0.117. The molecule has 0 fully saturated rings. The van der Waals surface area contributed by atoms with Crippen LogP contribution in [0.2, 0.25) is 0 Å². The summed E-state index contributed by atoms with van der Waals surface area (Å²) < 4.78 is 15.5. The Bertz CT molecular complexity index is 653. The lowest BCUT2D eigenvalue weighted by atomic mass is 9.88. The topological polar surface area (TPSA) is 77.1 Å². The van der Waals surface area contributed by atoms with E-state index < -0.39 is 0 Å². The van der Waals surface area contributed by atoms with Crippen molar-refractivity contribution in [2.75, 3.05) is 59.0 Å². The quantitative estimate of drug-likeness (QED) is 0.563. The number of nitrogens with zero attached hydrogens (tertiary/aromatic N) is 1. The fourth-order valence-corrected chi connectivity index (χ4v) is 4.75. The number of nitrogens with one attached hydrogen (secondary N) is 1. The Morgan fingerprint density at radius 3 is 2.50 bits per heavy atom. The van der Waals surface area contributed by atoms with E-state index in [9.17, 15) is 9.59 Å². The van der Waals surface area contributed by atoms with Gasteiger partial charge < -0.3 is 19.5 Å². The molecule has 7 nitrogen and oxygen atoms in total. The average molecular weight is 413 g/mol. The van der Waals surface area contributed by atoms with E-state index in [1.165, 1.54) is 16.2 Å². The highest BCUT2D eigenvalue weighted by Gasteiger charge is 2.29. The molecule has 0 saturated carbocycles. The highest BCUT2D eigenvalue weighted by atomic mass is 32.1. The molecule has 8 heteroatoms. The Balaban J connectivity index is 2.14. The van der Waals surface area contributed by atoms with Crippen molar-refractivity contribution in [1.29, 1.82) is 0 Å². The van der Waals surface area contributed by atoms with E-state index >= 15 is 0 Å². The van der Waals surface area contributed by atoms with Gasteiger partial charge in [0, 0.05) is 32.2 Å². The summed E-state index contributed by atoms with van der Waals surface area (Å²) in [6, 6.07) is 0. The third kappa shape index (κ3) is 6.27. The van der Waals surface area contributed by atoms with Crippen molar-refractivity contribution < 1.29 is 23.8 Å². The normalized spacial score (nSPS) is 16.1. The molecule has 1 N–H and O–H groups in total. The second-order valence-corrected chi connectivity index (χ2v) is 8.19. The molecule has 1 aliphatic rings. The first-order chi connectivity index (χ1) is 13.5. The van der Waals surface area contributed by atoms with Gasteiger partial charge in [-0.2, -0.15) is 0 Å². The number of ether oxygens (including phenoxy) is 3. The van der Waals surface area contributed by atoms with Crippen LogP contribution in [0.25, 0.3) is 0 Å². The van der Waals surface area contributed by atoms with Gasteiger partial charge in [0.15, 0.2) is 0 Å². The third-order valence-corrected chi connectivity index (χ3v) is 6.00. The Morgan fingerprint density at radius 1 is 1.21 bits per heavy atom. The Labute approximate surface area is 171 Å². The van der Waals surface area contributed by atoms with E-state index in [1.54, 1.807) is 21.1 Å². The second kappa shape index (κ2) is 11.5. The molecule has 1 aliphatic carbocycles. The van der Waals surface area contributed by atoms with Gasteiger partial charge in [-0.3, -0.25) is 9.69 Å². The van der Waals surface area contributed by atoms with Gasteiger partial charge >= 0.3 is 5.97 Å². The fraction of sp³-hybridized carbons (Fsp3) is 0.700. The molecule has 158 valence electrons. The first kappa shape index (κ1) is 22.8. The summed E-state index contributed by atoms with van der Waals surface area (Å²) in [5.74, 6) is 0.0909. The number of thiophene rings is 1. The van der Waals surface area contributed by atoms with Crippen LogP contribution in [0.4, 0.5) is 5.00 Å². The molecule has 0 spiro atoms. The van der Waals surface area contributed by atoms with Gasteiger partial charge in [-0.05, 0) is 37.7 Å². The number of fused-ring (bicyclic) bond motifs is 1. The van der Waals surface area contributed by atoms with E-state index in [2.05, 4.69) is 12.2 Å². The van der Waals surface area contributed by atoms with Crippen molar-refractivity contribution in [3.05, 3.63) is 16.0 Å². The standard InChI is InChI=1S/C20H32N2O5S/c1-5-27-20(24)18-15-7-6-14(2)12-16(15)28-19(18)21-17(23)13-22(8-10-25-3)9-11-26-4/h14H,5-13H2,1-4H3,(H,21,23)/t14-/m1/s1. The van der Waals surface area contributed by atoms with Crippen LogP contribution in [0, 0.1) is 5.92 Å². The molecule has 1 aromatic heterocycles. The molecular formula is C20H32N2O5S. The van der Waals surface area contributed by atoms with Crippen LogP contribution in [0.15, 0.2) is 0 Å². The Kier molecular flexibility index (Phi) is 9.37. The minimum atomic E-state index is -0.347. The van der Waals surface area contributed by atoms with Crippen LogP contribution in [0.1, 0.15) is 41.1 Å². The summed E-state index contributed by atoms with van der Waals surface area (Å²) in [5, 5.41) is 3.57. The molecule has 28 heavy (non-hydrogen) atoms. The molecule has 0 aliphatic heterocycles. The van der Waals surface area contributed by atoms with Crippen LogP contribution >= 0.6 is 11.3 Å². The highest BCUT2D eigenvalue weighted by Crippen LogP contribution is 2.40. The van der Waals surface area contributed by atoms with Gasteiger partial charge in [-0.1, -0.05) is 6.92 Å². The number of hydrogen-bond acceptors (Lipinski definition) is 7. The summed E-state index contributed by atoms with van der Waals surface area (Å²) in [5.41, 5.74) is 1.59. The zero-order valence-corrected chi connectivity index (χ0v) is 18.2. The molecule has 2 rings (SSSR count). The minimum Gasteiger partial charge on any atom is -0.462 e. The highest BCUT2D eigenvalue weighted by molar-refractivity contribution is 7.17. The zero-order valence-electron chi connectivity index (χ0n) is 17.3. The second-order valence-electron chi connectivity index (χ2n) is 7.09. The fourth-order valence-electron chi connectivity index (χ4n) is 3.34. The molecule has 0 saturated heterocycles. The van der Waals surface area contributed by atoms with E-state index in [1.807, 2.05) is 4.90 Å². The average Bonchev–Trinajstić information content (AvgIpc) is 3.00. The number of carbonyl (C=O) groups is 2. The summed E-state index contributed by atoms with van der Waals surface area (Å²) in [7, 11) is 3.27. The van der Waals surface area contributed by atoms with Crippen molar-refractivity contribution in [3.63, 3.8) is 0 Å². The summed E-state index contributed by atoms with van der Waals surface area (Å²) in [4.78, 5) is 28.4. The number of amides is 1.